The highest BCUT2D eigenvalue weighted by molar-refractivity contribution is 7.98. The van der Waals surface area contributed by atoms with Crippen LogP contribution in [0.3, 0.4) is 0 Å². The van der Waals surface area contributed by atoms with Crippen molar-refractivity contribution in [2.75, 3.05) is 29.4 Å². The minimum absolute atomic E-state index is 0.0309. The van der Waals surface area contributed by atoms with Gasteiger partial charge in [0.25, 0.3) is 10.0 Å². The summed E-state index contributed by atoms with van der Waals surface area (Å²) in [6.45, 7) is -0.0589. The Morgan fingerprint density at radius 1 is 1.06 bits per heavy atom. The summed E-state index contributed by atoms with van der Waals surface area (Å²) < 4.78 is 41.5. The van der Waals surface area contributed by atoms with E-state index in [9.17, 15) is 17.6 Å². The van der Waals surface area contributed by atoms with Gasteiger partial charge in [-0.3, -0.25) is 9.10 Å². The van der Waals surface area contributed by atoms with Crippen LogP contribution in [0.25, 0.3) is 0 Å². The van der Waals surface area contributed by atoms with E-state index in [4.69, 9.17) is 11.6 Å². The van der Waals surface area contributed by atoms with Gasteiger partial charge < -0.3 is 5.32 Å². The van der Waals surface area contributed by atoms with E-state index in [-0.39, 0.29) is 10.6 Å². The van der Waals surface area contributed by atoms with Gasteiger partial charge in [-0.2, -0.15) is 11.8 Å². The van der Waals surface area contributed by atoms with Crippen molar-refractivity contribution in [2.24, 2.45) is 0 Å². The minimum Gasteiger partial charge on any atom is -0.354 e. The molecule has 0 spiro atoms. The first-order valence-corrected chi connectivity index (χ1v) is 15.0. The zero-order chi connectivity index (χ0) is 25.3. The minimum atomic E-state index is -4.08. The van der Waals surface area contributed by atoms with Crippen LogP contribution in [0.5, 0.6) is 0 Å². The smallest absolute Gasteiger partial charge is 0.264 e. The van der Waals surface area contributed by atoms with E-state index in [1.165, 1.54) is 42.1 Å². The van der Waals surface area contributed by atoms with Gasteiger partial charge >= 0.3 is 0 Å². The number of rotatable bonds is 12. The van der Waals surface area contributed by atoms with Crippen LogP contribution >= 0.6 is 35.1 Å². The number of anilines is 1. The number of amides is 1. The van der Waals surface area contributed by atoms with E-state index < -0.39 is 28.3 Å². The second-order valence-electron chi connectivity index (χ2n) is 7.51. The van der Waals surface area contributed by atoms with Crippen LogP contribution in [0, 0.1) is 5.82 Å². The normalized spacial score (nSPS) is 11.3. The third-order valence-electron chi connectivity index (χ3n) is 5.03. The van der Waals surface area contributed by atoms with Crippen molar-refractivity contribution in [3.05, 3.63) is 89.2 Å². The Balaban J connectivity index is 1.61. The van der Waals surface area contributed by atoms with Gasteiger partial charge in [0.15, 0.2) is 0 Å². The van der Waals surface area contributed by atoms with Gasteiger partial charge in [0.2, 0.25) is 5.91 Å². The monoisotopic (exact) mass is 552 g/mol. The van der Waals surface area contributed by atoms with Crippen LogP contribution in [0.2, 0.25) is 5.02 Å². The first-order chi connectivity index (χ1) is 16.8. The summed E-state index contributed by atoms with van der Waals surface area (Å²) >= 11 is 9.35. The number of carbonyl (C=O) groups is 1. The van der Waals surface area contributed by atoms with Crippen molar-refractivity contribution in [1.29, 1.82) is 0 Å². The quantitative estimate of drug-likeness (QED) is 0.226. The van der Waals surface area contributed by atoms with Crippen LogP contribution in [0.4, 0.5) is 10.1 Å². The van der Waals surface area contributed by atoms with E-state index >= 15 is 0 Å². The van der Waals surface area contributed by atoms with Crippen molar-refractivity contribution in [2.45, 2.75) is 22.0 Å². The Morgan fingerprint density at radius 2 is 1.80 bits per heavy atom. The number of sulfonamides is 1. The maximum atomic E-state index is 13.9. The number of carbonyl (C=O) groups excluding carboxylic acids is 1. The van der Waals surface area contributed by atoms with Gasteiger partial charge in [0.1, 0.15) is 12.4 Å². The van der Waals surface area contributed by atoms with Crippen molar-refractivity contribution in [3.8, 4) is 0 Å². The van der Waals surface area contributed by atoms with Gasteiger partial charge in [-0.15, -0.1) is 11.8 Å². The second kappa shape index (κ2) is 13.2. The fourth-order valence-electron chi connectivity index (χ4n) is 3.21. The lowest BCUT2D eigenvalue weighted by Crippen LogP contribution is -2.41. The first kappa shape index (κ1) is 27.4. The van der Waals surface area contributed by atoms with Gasteiger partial charge in [0.05, 0.1) is 10.6 Å². The highest BCUT2D eigenvalue weighted by atomic mass is 35.5. The molecule has 10 heteroatoms. The fraction of sp³-hybridized carbons (Fsp3) is 0.240. The standard InChI is InChI=1S/C25H26ClFN2O3S3/c1-33-22-10-12-23(13-11-22)35(31,32)29(21-8-4-7-20(27)16-21)17-25(30)28-14-5-15-34-18-19-6-2-3-9-24(19)26/h2-4,6-13,16H,5,14-15,17-18H2,1H3,(H,28,30). The molecular formula is C25H26ClFN2O3S3. The van der Waals surface area contributed by atoms with Crippen molar-refractivity contribution in [1.82, 2.24) is 5.32 Å². The lowest BCUT2D eigenvalue weighted by molar-refractivity contribution is -0.119. The summed E-state index contributed by atoms with van der Waals surface area (Å²) in [7, 11) is -4.08. The predicted octanol–water partition coefficient (Wildman–Crippen LogP) is 5.84. The molecule has 3 rings (SSSR count). The molecule has 5 nitrogen and oxygen atoms in total. The molecule has 0 aliphatic carbocycles. The summed E-state index contributed by atoms with van der Waals surface area (Å²) in [6.07, 6.45) is 2.60. The lowest BCUT2D eigenvalue weighted by Gasteiger charge is -2.24. The van der Waals surface area contributed by atoms with E-state index in [1.807, 2.05) is 30.5 Å². The summed E-state index contributed by atoms with van der Waals surface area (Å²) in [4.78, 5) is 13.6. The molecule has 0 heterocycles. The molecule has 1 N–H and O–H groups in total. The molecule has 0 atom stereocenters. The Morgan fingerprint density at radius 3 is 2.49 bits per heavy atom. The Bertz CT molecular complexity index is 1240. The SMILES string of the molecule is CSc1ccc(S(=O)(=O)N(CC(=O)NCCCSCc2ccccc2Cl)c2cccc(F)c2)cc1. The third-order valence-corrected chi connectivity index (χ3v) is 9.03. The number of nitrogens with one attached hydrogen (secondary N) is 1. The maximum Gasteiger partial charge on any atom is 0.264 e. The Labute approximate surface area is 219 Å². The zero-order valence-corrected chi connectivity index (χ0v) is 22.3. The predicted molar refractivity (Wildman–Crippen MR) is 144 cm³/mol. The number of nitrogens with zero attached hydrogens (tertiary/aromatic N) is 1. The van der Waals surface area contributed by atoms with Crippen LogP contribution in [0.15, 0.2) is 82.6 Å². The molecule has 1 amide bonds. The summed E-state index contributed by atoms with van der Waals surface area (Å²) in [5, 5.41) is 3.50. The largest absolute Gasteiger partial charge is 0.354 e. The first-order valence-electron chi connectivity index (χ1n) is 10.8. The summed E-state index contributed by atoms with van der Waals surface area (Å²) in [5.74, 6) is 0.527. The average molecular weight is 553 g/mol. The molecule has 3 aromatic rings. The molecule has 186 valence electrons. The lowest BCUT2D eigenvalue weighted by atomic mass is 10.2. The molecule has 0 aliphatic rings. The van der Waals surface area contributed by atoms with Gasteiger partial charge in [-0.05, 0) is 72.5 Å². The van der Waals surface area contributed by atoms with Gasteiger partial charge in [0, 0.05) is 22.2 Å². The zero-order valence-electron chi connectivity index (χ0n) is 19.1. The van der Waals surface area contributed by atoms with Gasteiger partial charge in [-0.1, -0.05) is 35.9 Å². The number of benzene rings is 3. The Kier molecular flexibility index (Phi) is 10.3. The number of thioether (sulfide) groups is 2. The van der Waals surface area contributed by atoms with Crippen LogP contribution in [-0.4, -0.2) is 39.4 Å². The van der Waals surface area contributed by atoms with Crippen LogP contribution < -0.4 is 9.62 Å². The molecule has 0 aliphatic heterocycles. The van der Waals surface area contributed by atoms with E-state index in [1.54, 1.807) is 23.9 Å². The highest BCUT2D eigenvalue weighted by Crippen LogP contribution is 2.26. The molecule has 0 radical (unpaired) electrons. The highest BCUT2D eigenvalue weighted by Gasteiger charge is 2.27. The second-order valence-corrected chi connectivity index (χ2v) is 11.8. The summed E-state index contributed by atoms with van der Waals surface area (Å²) in [5.41, 5.74) is 1.15. The third kappa shape index (κ3) is 7.90. The van der Waals surface area contributed by atoms with Crippen molar-refractivity contribution in [3.63, 3.8) is 0 Å². The van der Waals surface area contributed by atoms with E-state index in [2.05, 4.69) is 5.32 Å². The molecule has 0 bridgehead atoms. The topological polar surface area (TPSA) is 66.5 Å². The van der Waals surface area contributed by atoms with Crippen molar-refractivity contribution < 1.29 is 17.6 Å². The fourth-order valence-corrected chi connectivity index (χ4v) is 6.27. The molecule has 0 unspecified atom stereocenters. The molecule has 35 heavy (non-hydrogen) atoms. The van der Waals surface area contributed by atoms with E-state index in [0.29, 0.717) is 13.0 Å². The number of hydrogen-bond acceptors (Lipinski definition) is 5. The molecular weight excluding hydrogens is 527 g/mol. The molecule has 3 aromatic carbocycles. The summed E-state index contributed by atoms with van der Waals surface area (Å²) in [6, 6.07) is 19.2. The molecule has 0 saturated heterocycles. The molecule has 0 fully saturated rings. The van der Waals surface area contributed by atoms with Crippen LogP contribution in [-0.2, 0) is 20.6 Å². The van der Waals surface area contributed by atoms with Gasteiger partial charge in [-0.25, -0.2) is 12.8 Å². The van der Waals surface area contributed by atoms with Crippen LogP contribution in [0.1, 0.15) is 12.0 Å². The number of halogens is 2. The maximum absolute atomic E-state index is 13.9. The molecule has 0 saturated carbocycles. The van der Waals surface area contributed by atoms with Crippen molar-refractivity contribution >= 4 is 56.7 Å². The Hall–Kier alpha value is -2.20. The van der Waals surface area contributed by atoms with E-state index in [0.717, 1.165) is 37.4 Å². The number of hydrogen-bond donors (Lipinski definition) is 1. The molecule has 0 aromatic heterocycles. The average Bonchev–Trinajstić information content (AvgIpc) is 2.85.